The number of nitrogens with zero attached hydrogens (tertiary/aromatic N) is 2. The van der Waals surface area contributed by atoms with E-state index in [1.807, 2.05) is 98.8 Å². The number of amides is 2. The molecule has 2 amide bonds. The summed E-state index contributed by atoms with van der Waals surface area (Å²) in [7, 11) is 2.93. The van der Waals surface area contributed by atoms with Gasteiger partial charge in [-0.15, -0.1) is 0 Å². The van der Waals surface area contributed by atoms with E-state index < -0.39 is 29.3 Å². The maximum Gasteiger partial charge on any atom is 0.331 e. The maximum absolute atomic E-state index is 13.2. The molecule has 1 heterocycles. The first-order valence-electron chi connectivity index (χ1n) is 14.9. The van der Waals surface area contributed by atoms with Gasteiger partial charge in [-0.05, 0) is 55.5 Å². The molecule has 44 heavy (non-hydrogen) atoms. The van der Waals surface area contributed by atoms with Crippen molar-refractivity contribution in [2.24, 2.45) is 0 Å². The molecule has 1 saturated heterocycles. The van der Waals surface area contributed by atoms with Gasteiger partial charge in [0.05, 0.1) is 18.9 Å². The Morgan fingerprint density at radius 2 is 1.48 bits per heavy atom. The summed E-state index contributed by atoms with van der Waals surface area (Å²) in [6.07, 6.45) is 0.749. The van der Waals surface area contributed by atoms with Gasteiger partial charge in [-0.1, -0.05) is 72.8 Å². The van der Waals surface area contributed by atoms with Gasteiger partial charge in [-0.2, -0.15) is 0 Å². The van der Waals surface area contributed by atoms with Crippen LogP contribution in [0.3, 0.4) is 0 Å². The van der Waals surface area contributed by atoms with Gasteiger partial charge in [0.1, 0.15) is 18.7 Å². The molecule has 1 aliphatic rings. The summed E-state index contributed by atoms with van der Waals surface area (Å²) >= 11 is 0. The average molecular weight is 600 g/mol. The van der Waals surface area contributed by atoms with Gasteiger partial charge in [-0.25, -0.2) is 4.79 Å². The third-order valence-electron chi connectivity index (χ3n) is 8.34. The molecule has 0 saturated carbocycles. The lowest BCUT2D eigenvalue weighted by Crippen LogP contribution is -2.61. The van der Waals surface area contributed by atoms with E-state index in [0.717, 1.165) is 22.4 Å². The van der Waals surface area contributed by atoms with E-state index in [1.54, 1.807) is 7.05 Å². The number of benzene rings is 3. The molecule has 3 aromatic rings. The van der Waals surface area contributed by atoms with E-state index in [1.165, 1.54) is 12.0 Å². The van der Waals surface area contributed by atoms with Crippen LogP contribution in [-0.4, -0.2) is 68.0 Å². The van der Waals surface area contributed by atoms with E-state index in [0.29, 0.717) is 25.9 Å². The van der Waals surface area contributed by atoms with Crippen LogP contribution in [0.2, 0.25) is 0 Å². The topological polar surface area (TPSA) is 105 Å². The number of esters is 2. The van der Waals surface area contributed by atoms with Crippen LogP contribution in [0.25, 0.3) is 0 Å². The van der Waals surface area contributed by atoms with Crippen LogP contribution in [0.15, 0.2) is 84.9 Å². The van der Waals surface area contributed by atoms with E-state index >= 15 is 0 Å². The first kappa shape index (κ1) is 32.3. The normalized spacial score (nSPS) is 15.4. The van der Waals surface area contributed by atoms with Crippen LogP contribution >= 0.6 is 0 Å². The van der Waals surface area contributed by atoms with Crippen molar-refractivity contribution in [1.82, 2.24) is 10.2 Å². The zero-order chi connectivity index (χ0) is 31.7. The Balaban J connectivity index is 1.36. The highest BCUT2D eigenvalue weighted by Crippen LogP contribution is 2.31. The van der Waals surface area contributed by atoms with Crippen molar-refractivity contribution >= 4 is 29.4 Å². The lowest BCUT2D eigenvalue weighted by molar-refractivity contribution is -0.152. The van der Waals surface area contributed by atoms with Crippen LogP contribution in [-0.2, 0) is 35.3 Å². The van der Waals surface area contributed by atoms with E-state index in [9.17, 15) is 19.2 Å². The molecule has 232 valence electrons. The molecular weight excluding hydrogens is 558 g/mol. The number of carbonyl (C=O) groups is 4. The average Bonchev–Trinajstić information content (AvgIpc) is 3.07. The van der Waals surface area contributed by atoms with Crippen LogP contribution in [0.4, 0.5) is 5.69 Å². The number of anilines is 1. The van der Waals surface area contributed by atoms with Crippen LogP contribution in [0.1, 0.15) is 55.2 Å². The predicted molar refractivity (Wildman–Crippen MR) is 168 cm³/mol. The zero-order valence-electron chi connectivity index (χ0n) is 25.8. The number of piperidine rings is 1. The molecule has 1 N–H and O–H groups in total. The van der Waals surface area contributed by atoms with Crippen molar-refractivity contribution < 1.29 is 28.7 Å². The minimum absolute atomic E-state index is 0.147. The molecule has 0 aromatic heterocycles. The van der Waals surface area contributed by atoms with Crippen molar-refractivity contribution in [2.75, 3.05) is 38.7 Å². The fraction of sp³-hybridized carbons (Fsp3) is 0.371. The summed E-state index contributed by atoms with van der Waals surface area (Å²) in [5.74, 6) is -2.26. The Bertz CT molecular complexity index is 1440. The number of ether oxygens (including phenoxy) is 2. The summed E-state index contributed by atoms with van der Waals surface area (Å²) in [6, 6.07) is 26.6. The second-order valence-electron chi connectivity index (χ2n) is 11.3. The highest BCUT2D eigenvalue weighted by Gasteiger charge is 2.44. The van der Waals surface area contributed by atoms with Gasteiger partial charge >= 0.3 is 11.9 Å². The number of nitrogens with one attached hydrogen (secondary N) is 1. The standard InChI is InChI=1S/C35H41N3O6/c1-25(28-14-9-6-10-15-28)32(40)36-35(34(42)43-4)18-20-38(21-19-35)30-17-11-16-29(22-30)26(2)33(41)37(3)23-31(39)44-24-27-12-7-5-8-13-27/h5-17,22,25-26H,18-21,23-24H2,1-4H3,(H,36,40). The van der Waals surface area contributed by atoms with Crippen LogP contribution < -0.4 is 10.2 Å². The fourth-order valence-electron chi connectivity index (χ4n) is 5.48. The molecule has 1 fully saturated rings. The summed E-state index contributed by atoms with van der Waals surface area (Å²) in [6.45, 7) is 4.66. The third-order valence-corrected chi connectivity index (χ3v) is 8.34. The molecule has 0 aliphatic carbocycles. The van der Waals surface area contributed by atoms with Crippen molar-refractivity contribution in [1.29, 1.82) is 0 Å². The molecule has 3 aromatic carbocycles. The summed E-state index contributed by atoms with van der Waals surface area (Å²) in [4.78, 5) is 55.3. The summed E-state index contributed by atoms with van der Waals surface area (Å²) < 4.78 is 10.5. The van der Waals surface area contributed by atoms with Crippen molar-refractivity contribution in [3.63, 3.8) is 0 Å². The van der Waals surface area contributed by atoms with Crippen molar-refractivity contribution in [2.45, 2.75) is 50.7 Å². The maximum atomic E-state index is 13.2. The largest absolute Gasteiger partial charge is 0.467 e. The zero-order valence-corrected chi connectivity index (χ0v) is 25.8. The molecule has 2 unspecified atom stereocenters. The molecule has 0 radical (unpaired) electrons. The highest BCUT2D eigenvalue weighted by atomic mass is 16.5. The number of likely N-dealkylation sites (N-methyl/N-ethyl adjacent to an activating group) is 1. The first-order chi connectivity index (χ1) is 21.1. The Hall–Kier alpha value is -4.66. The number of rotatable bonds is 11. The summed E-state index contributed by atoms with van der Waals surface area (Å²) in [5, 5.41) is 3.02. The van der Waals surface area contributed by atoms with Crippen molar-refractivity contribution in [3.8, 4) is 0 Å². The Labute approximate surface area is 259 Å². The van der Waals surface area contributed by atoms with Crippen LogP contribution in [0.5, 0.6) is 0 Å². The number of methoxy groups -OCH3 is 1. The SMILES string of the molecule is COC(=O)C1(NC(=O)C(C)c2ccccc2)CCN(c2cccc(C(C)C(=O)N(C)CC(=O)OCc3ccccc3)c2)CC1. The second kappa shape index (κ2) is 14.7. The van der Waals surface area contributed by atoms with Gasteiger partial charge < -0.3 is 24.6 Å². The molecule has 0 bridgehead atoms. The molecule has 9 nitrogen and oxygen atoms in total. The minimum atomic E-state index is -1.12. The lowest BCUT2D eigenvalue weighted by atomic mass is 9.85. The van der Waals surface area contributed by atoms with E-state index in [-0.39, 0.29) is 25.0 Å². The van der Waals surface area contributed by atoms with Gasteiger partial charge in [0.15, 0.2) is 0 Å². The Kier molecular flexibility index (Phi) is 10.8. The second-order valence-corrected chi connectivity index (χ2v) is 11.3. The molecule has 9 heteroatoms. The van der Waals surface area contributed by atoms with Gasteiger partial charge in [0.2, 0.25) is 11.8 Å². The van der Waals surface area contributed by atoms with Gasteiger partial charge in [-0.3, -0.25) is 14.4 Å². The monoisotopic (exact) mass is 599 g/mol. The van der Waals surface area contributed by atoms with Crippen molar-refractivity contribution in [3.05, 3.63) is 102 Å². The van der Waals surface area contributed by atoms with Crippen LogP contribution in [0, 0.1) is 0 Å². The third kappa shape index (κ3) is 7.83. The smallest absolute Gasteiger partial charge is 0.331 e. The Morgan fingerprint density at radius 3 is 2.11 bits per heavy atom. The summed E-state index contributed by atoms with van der Waals surface area (Å²) in [5.41, 5.74) is 2.36. The molecular formula is C35H41N3O6. The number of carbonyl (C=O) groups excluding carboxylic acids is 4. The van der Waals surface area contributed by atoms with Gasteiger partial charge in [0, 0.05) is 25.8 Å². The molecule has 0 spiro atoms. The minimum Gasteiger partial charge on any atom is -0.467 e. The number of hydrogen-bond acceptors (Lipinski definition) is 7. The Morgan fingerprint density at radius 1 is 0.864 bits per heavy atom. The molecule has 2 atom stereocenters. The first-order valence-corrected chi connectivity index (χ1v) is 14.9. The number of hydrogen-bond donors (Lipinski definition) is 1. The molecule has 1 aliphatic heterocycles. The fourth-order valence-corrected chi connectivity index (χ4v) is 5.48. The van der Waals surface area contributed by atoms with E-state index in [4.69, 9.17) is 9.47 Å². The predicted octanol–water partition coefficient (Wildman–Crippen LogP) is 4.42. The lowest BCUT2D eigenvalue weighted by Gasteiger charge is -2.41. The van der Waals surface area contributed by atoms with E-state index in [2.05, 4.69) is 10.2 Å². The quantitative estimate of drug-likeness (QED) is 0.325. The molecule has 4 rings (SSSR count). The highest BCUT2D eigenvalue weighted by molar-refractivity contribution is 5.91. The van der Waals surface area contributed by atoms with Gasteiger partial charge in [0.25, 0.3) is 0 Å².